The highest BCUT2D eigenvalue weighted by atomic mass is 35.5. The minimum atomic E-state index is -1.06. The molecule has 1 atom stereocenters. The van der Waals surface area contributed by atoms with Gasteiger partial charge < -0.3 is 10.8 Å². The molecular formula is C19H27Cl2NO3. The van der Waals surface area contributed by atoms with Crippen LogP contribution in [0.3, 0.4) is 0 Å². The molecule has 0 bridgehead atoms. The first-order valence-electron chi connectivity index (χ1n) is 8.68. The lowest BCUT2D eigenvalue weighted by Crippen LogP contribution is -2.30. The largest absolute Gasteiger partial charge is 0.480 e. The zero-order valence-electron chi connectivity index (χ0n) is 14.4. The van der Waals surface area contributed by atoms with Crippen molar-refractivity contribution in [1.82, 2.24) is 0 Å². The first-order chi connectivity index (χ1) is 12.0. The van der Waals surface area contributed by atoms with E-state index in [0.717, 1.165) is 25.7 Å². The number of hydrogen-bond donors (Lipinski definition) is 2. The van der Waals surface area contributed by atoms with Crippen molar-refractivity contribution in [3.63, 3.8) is 0 Å². The number of Topliss-reactive ketones (excluding diaryl/α,β-unsaturated/α-hetero) is 1. The second-order valence-electron chi connectivity index (χ2n) is 6.27. The smallest absolute Gasteiger partial charge is 0.320 e. The lowest BCUT2D eigenvalue weighted by Gasteiger charge is -2.15. The summed E-state index contributed by atoms with van der Waals surface area (Å²) in [5.41, 5.74) is 7.84. The van der Waals surface area contributed by atoms with Gasteiger partial charge in [0.05, 0.1) is 0 Å². The van der Waals surface area contributed by atoms with Crippen LogP contribution in [0.2, 0.25) is 0 Å². The van der Waals surface area contributed by atoms with Gasteiger partial charge in [0.1, 0.15) is 11.8 Å². The Labute approximate surface area is 159 Å². The highest BCUT2D eigenvalue weighted by molar-refractivity contribution is 6.18. The third-order valence-electron chi connectivity index (χ3n) is 4.34. The fourth-order valence-electron chi connectivity index (χ4n) is 2.75. The van der Waals surface area contributed by atoms with Gasteiger partial charge in [0.25, 0.3) is 0 Å². The average Bonchev–Trinajstić information content (AvgIpc) is 2.60. The van der Waals surface area contributed by atoms with Crippen LogP contribution in [0.5, 0.6) is 0 Å². The molecule has 1 aromatic carbocycles. The first-order valence-corrected chi connectivity index (χ1v) is 9.75. The van der Waals surface area contributed by atoms with Gasteiger partial charge in [0, 0.05) is 24.6 Å². The predicted octanol–water partition coefficient (Wildman–Crippen LogP) is 4.11. The molecule has 0 unspecified atom stereocenters. The number of hydrogen-bond acceptors (Lipinski definition) is 3. The van der Waals surface area contributed by atoms with Crippen LogP contribution in [0.4, 0.5) is 0 Å². The number of aliphatic carboxylic acids is 1. The molecule has 0 fully saturated rings. The Morgan fingerprint density at radius 3 is 2.12 bits per heavy atom. The van der Waals surface area contributed by atoms with E-state index in [0.29, 0.717) is 24.1 Å². The summed E-state index contributed by atoms with van der Waals surface area (Å²) < 4.78 is 0. The summed E-state index contributed by atoms with van der Waals surface area (Å²) in [7, 11) is 0. The van der Waals surface area contributed by atoms with Gasteiger partial charge in [0.2, 0.25) is 0 Å². The van der Waals surface area contributed by atoms with E-state index in [4.69, 9.17) is 34.0 Å². The van der Waals surface area contributed by atoms with Crippen LogP contribution in [0.25, 0.3) is 0 Å². The maximum atomic E-state index is 11.8. The van der Waals surface area contributed by atoms with E-state index in [1.807, 2.05) is 0 Å². The van der Waals surface area contributed by atoms with Crippen molar-refractivity contribution >= 4 is 35.0 Å². The van der Waals surface area contributed by atoms with Gasteiger partial charge in [-0.3, -0.25) is 9.59 Å². The molecule has 4 nitrogen and oxygen atoms in total. The van der Waals surface area contributed by atoms with Crippen LogP contribution in [-0.4, -0.2) is 34.7 Å². The third kappa shape index (κ3) is 8.70. The second-order valence-corrected chi connectivity index (χ2v) is 7.03. The van der Waals surface area contributed by atoms with E-state index in [-0.39, 0.29) is 18.6 Å². The molecular weight excluding hydrogens is 361 g/mol. The number of ketones is 1. The van der Waals surface area contributed by atoms with Gasteiger partial charge >= 0.3 is 5.97 Å². The molecule has 0 saturated carbocycles. The maximum absolute atomic E-state index is 11.8. The summed E-state index contributed by atoms with van der Waals surface area (Å²) in [6.45, 7) is 0. The molecule has 0 aromatic heterocycles. The summed E-state index contributed by atoms with van der Waals surface area (Å²) in [6, 6.07) is 7.47. The number of nitrogens with two attached hydrogens (primary N) is 1. The SMILES string of the molecule is N[C@@H](CCC(=O)CCCc1ccc(C(CCCl)CCCl)cc1)C(=O)O. The predicted molar refractivity (Wildman–Crippen MR) is 103 cm³/mol. The highest BCUT2D eigenvalue weighted by Gasteiger charge is 2.13. The van der Waals surface area contributed by atoms with Crippen LogP contribution >= 0.6 is 23.2 Å². The van der Waals surface area contributed by atoms with Gasteiger partial charge in [-0.2, -0.15) is 0 Å². The molecule has 0 aliphatic rings. The van der Waals surface area contributed by atoms with Crippen LogP contribution in [0, 0.1) is 0 Å². The van der Waals surface area contributed by atoms with Crippen molar-refractivity contribution in [2.24, 2.45) is 5.73 Å². The molecule has 25 heavy (non-hydrogen) atoms. The van der Waals surface area contributed by atoms with E-state index in [2.05, 4.69) is 24.3 Å². The Balaban J connectivity index is 2.38. The molecule has 0 radical (unpaired) electrons. The third-order valence-corrected chi connectivity index (χ3v) is 4.78. The Bertz CT molecular complexity index is 528. The van der Waals surface area contributed by atoms with Crippen LogP contribution in [0.15, 0.2) is 24.3 Å². The number of carbonyl (C=O) groups excluding carboxylic acids is 1. The van der Waals surface area contributed by atoms with Crippen molar-refractivity contribution in [2.75, 3.05) is 11.8 Å². The summed E-state index contributed by atoms with van der Waals surface area (Å²) in [6.07, 6.45) is 4.30. The summed E-state index contributed by atoms with van der Waals surface area (Å²) in [4.78, 5) is 22.4. The molecule has 0 aliphatic carbocycles. The monoisotopic (exact) mass is 387 g/mol. The number of benzene rings is 1. The first kappa shape index (κ1) is 21.9. The van der Waals surface area contributed by atoms with E-state index in [1.54, 1.807) is 0 Å². The fraction of sp³-hybridized carbons (Fsp3) is 0.579. The number of carbonyl (C=O) groups is 2. The number of halogens is 2. The van der Waals surface area contributed by atoms with Crippen LogP contribution in [-0.2, 0) is 16.0 Å². The van der Waals surface area contributed by atoms with Crippen molar-refractivity contribution in [2.45, 2.75) is 56.9 Å². The maximum Gasteiger partial charge on any atom is 0.320 e. The average molecular weight is 388 g/mol. The van der Waals surface area contributed by atoms with Gasteiger partial charge in [-0.15, -0.1) is 23.2 Å². The van der Waals surface area contributed by atoms with E-state index in [1.165, 1.54) is 11.1 Å². The molecule has 1 aromatic rings. The van der Waals surface area contributed by atoms with Crippen LogP contribution in [0.1, 0.15) is 55.6 Å². The Kier molecular flexibility index (Phi) is 10.8. The molecule has 6 heteroatoms. The number of carboxylic acids is 1. The molecule has 0 heterocycles. The number of rotatable bonds is 13. The zero-order valence-corrected chi connectivity index (χ0v) is 15.9. The normalized spacial score (nSPS) is 12.3. The van der Waals surface area contributed by atoms with Crippen molar-refractivity contribution in [3.05, 3.63) is 35.4 Å². The second kappa shape index (κ2) is 12.3. The number of aryl methyl sites for hydroxylation is 1. The van der Waals surface area contributed by atoms with E-state index >= 15 is 0 Å². The van der Waals surface area contributed by atoms with Crippen LogP contribution < -0.4 is 5.73 Å². The topological polar surface area (TPSA) is 80.4 Å². The molecule has 140 valence electrons. The molecule has 3 N–H and O–H groups in total. The molecule has 1 rings (SSSR count). The lowest BCUT2D eigenvalue weighted by atomic mass is 9.92. The van der Waals surface area contributed by atoms with Crippen molar-refractivity contribution in [3.8, 4) is 0 Å². The Hall–Kier alpha value is -1.10. The number of alkyl halides is 2. The summed E-state index contributed by atoms with van der Waals surface area (Å²) in [5, 5.41) is 8.70. The van der Waals surface area contributed by atoms with E-state index in [9.17, 15) is 9.59 Å². The fourth-order valence-corrected chi connectivity index (χ4v) is 3.28. The minimum Gasteiger partial charge on any atom is -0.480 e. The van der Waals surface area contributed by atoms with Crippen molar-refractivity contribution in [1.29, 1.82) is 0 Å². The molecule has 0 amide bonds. The van der Waals surface area contributed by atoms with Crippen molar-refractivity contribution < 1.29 is 14.7 Å². The molecule has 0 spiro atoms. The zero-order chi connectivity index (χ0) is 18.7. The highest BCUT2D eigenvalue weighted by Crippen LogP contribution is 2.25. The Morgan fingerprint density at radius 1 is 1.00 bits per heavy atom. The van der Waals surface area contributed by atoms with Gasteiger partial charge in [0.15, 0.2) is 0 Å². The lowest BCUT2D eigenvalue weighted by molar-refractivity contribution is -0.138. The van der Waals surface area contributed by atoms with Gasteiger partial charge in [-0.1, -0.05) is 24.3 Å². The molecule has 0 saturated heterocycles. The summed E-state index contributed by atoms with van der Waals surface area (Å²) >= 11 is 11.7. The van der Waals surface area contributed by atoms with E-state index < -0.39 is 12.0 Å². The summed E-state index contributed by atoms with van der Waals surface area (Å²) in [5.74, 6) is 0.643. The van der Waals surface area contributed by atoms with Gasteiger partial charge in [-0.25, -0.2) is 0 Å². The quantitative estimate of drug-likeness (QED) is 0.499. The Morgan fingerprint density at radius 2 is 1.60 bits per heavy atom. The van der Waals surface area contributed by atoms with Gasteiger partial charge in [-0.05, 0) is 49.1 Å². The minimum absolute atomic E-state index is 0.0672. The number of carboxylic acid groups (broad SMARTS) is 1. The standard InChI is InChI=1S/C19H27Cl2NO3/c20-12-10-16(11-13-21)15-6-4-14(5-7-15)2-1-3-17(23)8-9-18(22)19(24)25/h4-7,16,18H,1-3,8-13,22H2,(H,24,25)/t18-/m0/s1. The molecule has 0 aliphatic heterocycles.